The number of hydrogen-bond donors (Lipinski definition) is 0. The van der Waals surface area contributed by atoms with Crippen LogP contribution in [0.1, 0.15) is 54.9 Å². The van der Waals surface area contributed by atoms with Crippen LogP contribution in [0.2, 0.25) is 0 Å². The van der Waals surface area contributed by atoms with Gasteiger partial charge in [-0.3, -0.25) is 0 Å². The molecule has 0 heterocycles. The Morgan fingerprint density at radius 1 is 1.16 bits per heavy atom. The molecule has 0 bridgehead atoms. The first-order chi connectivity index (χ1) is 9.27. The zero-order valence-corrected chi connectivity index (χ0v) is 11.5. The summed E-state index contributed by atoms with van der Waals surface area (Å²) in [5, 5.41) is 8.42. The first-order valence-electron chi connectivity index (χ1n) is 6.91. The number of carbonyl (C=O) groups excluding carboxylic acids is 1. The van der Waals surface area contributed by atoms with Crippen molar-refractivity contribution in [1.29, 1.82) is 5.26 Å². The third-order valence-corrected chi connectivity index (χ3v) is 2.97. The van der Waals surface area contributed by atoms with Crippen LogP contribution in [0.5, 0.6) is 0 Å². The first-order valence-corrected chi connectivity index (χ1v) is 6.91. The molecule has 0 saturated heterocycles. The highest BCUT2D eigenvalue weighted by atomic mass is 16.5. The second-order valence-corrected chi connectivity index (χ2v) is 4.49. The molecule has 3 nitrogen and oxygen atoms in total. The molecule has 1 rings (SSSR count). The summed E-state index contributed by atoms with van der Waals surface area (Å²) in [7, 11) is 0. The van der Waals surface area contributed by atoms with E-state index >= 15 is 0 Å². The fraction of sp³-hybridized carbons (Fsp3) is 0.500. The van der Waals surface area contributed by atoms with Gasteiger partial charge in [0.15, 0.2) is 0 Å². The van der Waals surface area contributed by atoms with Gasteiger partial charge < -0.3 is 4.74 Å². The minimum absolute atomic E-state index is 0.259. The summed E-state index contributed by atoms with van der Waals surface area (Å²) in [6, 6.07) is 9.78. The summed E-state index contributed by atoms with van der Waals surface area (Å²) in [5.41, 5.74) is 1.85. The Kier molecular flexibility index (Phi) is 7.34. The largest absolute Gasteiger partial charge is 0.462 e. The summed E-state index contributed by atoms with van der Waals surface area (Å²) in [4.78, 5) is 11.5. The fourth-order valence-electron chi connectivity index (χ4n) is 1.91. The Bertz CT molecular complexity index is 417. The zero-order chi connectivity index (χ0) is 13.9. The van der Waals surface area contributed by atoms with Crippen LogP contribution in [-0.4, -0.2) is 12.6 Å². The molecule has 0 saturated carbocycles. The van der Waals surface area contributed by atoms with Gasteiger partial charge in [-0.15, -0.1) is 0 Å². The quantitative estimate of drug-likeness (QED) is 0.526. The van der Waals surface area contributed by atoms with Gasteiger partial charge in [-0.05, 0) is 43.9 Å². The van der Waals surface area contributed by atoms with Crippen molar-refractivity contribution >= 4 is 5.97 Å². The second-order valence-electron chi connectivity index (χ2n) is 4.49. The average Bonchev–Trinajstić information content (AvgIpc) is 2.43. The average molecular weight is 259 g/mol. The van der Waals surface area contributed by atoms with Crippen LogP contribution in [0.4, 0.5) is 0 Å². The maximum Gasteiger partial charge on any atom is 0.338 e. The lowest BCUT2D eigenvalue weighted by Crippen LogP contribution is -2.04. The van der Waals surface area contributed by atoms with Crippen LogP contribution in [-0.2, 0) is 11.2 Å². The van der Waals surface area contributed by atoms with Crippen LogP contribution in [0.25, 0.3) is 0 Å². The number of esters is 1. The van der Waals surface area contributed by atoms with Crippen LogP contribution in [0.3, 0.4) is 0 Å². The summed E-state index contributed by atoms with van der Waals surface area (Å²) in [6.07, 6.45) is 6.09. The molecule has 0 radical (unpaired) electrons. The Labute approximate surface area is 115 Å². The lowest BCUT2D eigenvalue weighted by Gasteiger charge is -2.04. The Morgan fingerprint density at radius 3 is 2.47 bits per heavy atom. The molecule has 0 atom stereocenters. The van der Waals surface area contributed by atoms with Gasteiger partial charge in [0.1, 0.15) is 0 Å². The number of unbranched alkanes of at least 4 members (excludes halogenated alkanes) is 4. The molecule has 1 aromatic rings. The minimum atomic E-state index is -0.259. The fourth-order valence-corrected chi connectivity index (χ4v) is 1.91. The number of benzene rings is 1. The van der Waals surface area contributed by atoms with E-state index in [1.54, 1.807) is 6.92 Å². The van der Waals surface area contributed by atoms with Gasteiger partial charge in [0.25, 0.3) is 0 Å². The molecular weight excluding hydrogens is 238 g/mol. The van der Waals surface area contributed by atoms with Gasteiger partial charge >= 0.3 is 5.97 Å². The van der Waals surface area contributed by atoms with Crippen molar-refractivity contribution in [3.63, 3.8) is 0 Å². The highest BCUT2D eigenvalue weighted by Gasteiger charge is 2.05. The number of aryl methyl sites for hydroxylation is 1. The van der Waals surface area contributed by atoms with Crippen molar-refractivity contribution in [1.82, 2.24) is 0 Å². The van der Waals surface area contributed by atoms with E-state index in [4.69, 9.17) is 10.00 Å². The second kappa shape index (κ2) is 9.16. The molecule has 102 valence electrons. The lowest BCUT2D eigenvalue weighted by molar-refractivity contribution is 0.0526. The number of carbonyl (C=O) groups is 1. The lowest BCUT2D eigenvalue weighted by atomic mass is 10.0. The molecule has 19 heavy (non-hydrogen) atoms. The van der Waals surface area contributed by atoms with Crippen molar-refractivity contribution in [2.45, 2.75) is 45.4 Å². The summed E-state index contributed by atoms with van der Waals surface area (Å²) in [5.74, 6) is -0.259. The third-order valence-electron chi connectivity index (χ3n) is 2.97. The van der Waals surface area contributed by atoms with E-state index < -0.39 is 0 Å². The van der Waals surface area contributed by atoms with E-state index in [0.29, 0.717) is 18.6 Å². The zero-order valence-electron chi connectivity index (χ0n) is 11.5. The van der Waals surface area contributed by atoms with Crippen LogP contribution in [0.15, 0.2) is 24.3 Å². The van der Waals surface area contributed by atoms with Gasteiger partial charge in [-0.1, -0.05) is 25.0 Å². The molecule has 3 heteroatoms. The molecule has 0 spiro atoms. The highest BCUT2D eigenvalue weighted by Crippen LogP contribution is 2.11. The summed E-state index contributed by atoms with van der Waals surface area (Å²) >= 11 is 0. The monoisotopic (exact) mass is 259 g/mol. The normalized spacial score (nSPS) is 9.89. The van der Waals surface area contributed by atoms with Crippen molar-refractivity contribution in [3.05, 3.63) is 35.4 Å². The molecular formula is C16H21NO2. The van der Waals surface area contributed by atoms with E-state index in [-0.39, 0.29) is 5.97 Å². The molecule has 0 aliphatic rings. The maximum atomic E-state index is 11.5. The van der Waals surface area contributed by atoms with E-state index in [1.807, 2.05) is 24.3 Å². The molecule has 0 aromatic heterocycles. The smallest absolute Gasteiger partial charge is 0.338 e. The van der Waals surface area contributed by atoms with E-state index in [9.17, 15) is 4.79 Å². The van der Waals surface area contributed by atoms with Crippen molar-refractivity contribution in [3.8, 4) is 6.07 Å². The van der Waals surface area contributed by atoms with Gasteiger partial charge in [0.2, 0.25) is 0 Å². The van der Waals surface area contributed by atoms with Gasteiger partial charge in [0, 0.05) is 6.42 Å². The summed E-state index contributed by atoms with van der Waals surface area (Å²) < 4.78 is 4.94. The Morgan fingerprint density at radius 2 is 1.84 bits per heavy atom. The van der Waals surface area contributed by atoms with Crippen molar-refractivity contribution in [2.75, 3.05) is 6.61 Å². The predicted molar refractivity (Wildman–Crippen MR) is 74.8 cm³/mol. The number of hydrogen-bond acceptors (Lipinski definition) is 3. The molecule has 0 N–H and O–H groups in total. The molecule has 0 amide bonds. The van der Waals surface area contributed by atoms with Crippen LogP contribution in [0, 0.1) is 11.3 Å². The first kappa shape index (κ1) is 15.2. The Balaban J connectivity index is 2.28. The molecule has 0 aliphatic carbocycles. The van der Waals surface area contributed by atoms with E-state index in [1.165, 1.54) is 5.56 Å². The third kappa shape index (κ3) is 6.05. The number of nitrogens with zero attached hydrogens (tertiary/aromatic N) is 1. The standard InChI is InChI=1S/C16H21NO2/c1-2-19-16(18)15-11-9-14(10-12-15)8-6-4-3-5-7-13-17/h9-12H,2-8H2,1H3. The molecule has 0 unspecified atom stereocenters. The topological polar surface area (TPSA) is 50.1 Å². The van der Waals surface area contributed by atoms with E-state index in [2.05, 4.69) is 6.07 Å². The number of nitriles is 1. The van der Waals surface area contributed by atoms with Crippen LogP contribution < -0.4 is 0 Å². The highest BCUT2D eigenvalue weighted by molar-refractivity contribution is 5.89. The van der Waals surface area contributed by atoms with Crippen molar-refractivity contribution < 1.29 is 9.53 Å². The number of rotatable bonds is 8. The minimum Gasteiger partial charge on any atom is -0.462 e. The number of ether oxygens (including phenoxy) is 1. The molecule has 1 aromatic carbocycles. The van der Waals surface area contributed by atoms with Gasteiger partial charge in [-0.25, -0.2) is 4.79 Å². The Hall–Kier alpha value is -1.82. The van der Waals surface area contributed by atoms with Crippen molar-refractivity contribution in [2.24, 2.45) is 0 Å². The summed E-state index contributed by atoms with van der Waals surface area (Å²) in [6.45, 7) is 2.21. The molecule has 0 fully saturated rings. The SMILES string of the molecule is CCOC(=O)c1ccc(CCCCCCC#N)cc1. The van der Waals surface area contributed by atoms with E-state index in [0.717, 1.165) is 32.1 Å². The van der Waals surface area contributed by atoms with Gasteiger partial charge in [-0.2, -0.15) is 5.26 Å². The van der Waals surface area contributed by atoms with Crippen LogP contribution >= 0.6 is 0 Å². The molecule has 0 aliphatic heterocycles. The predicted octanol–water partition coefficient (Wildman–Crippen LogP) is 3.88. The maximum absolute atomic E-state index is 11.5. The van der Waals surface area contributed by atoms with Gasteiger partial charge in [0.05, 0.1) is 18.2 Å².